The quantitative estimate of drug-likeness (QED) is 0.552. The molecule has 0 saturated heterocycles. The van der Waals surface area contributed by atoms with Gasteiger partial charge in [-0.3, -0.25) is 4.79 Å². The normalized spacial score (nSPS) is 11.0. The lowest BCUT2D eigenvalue weighted by Gasteiger charge is -2.01. The lowest BCUT2D eigenvalue weighted by atomic mass is 10.1. The van der Waals surface area contributed by atoms with Gasteiger partial charge in [-0.05, 0) is 46.7 Å². The van der Waals surface area contributed by atoms with Crippen molar-refractivity contribution in [3.63, 3.8) is 0 Å². The third kappa shape index (κ3) is 3.40. The van der Waals surface area contributed by atoms with Crippen LogP contribution in [0.2, 0.25) is 0 Å². The molecule has 0 heterocycles. The van der Waals surface area contributed by atoms with Crippen molar-refractivity contribution in [1.29, 1.82) is 0 Å². The first-order valence-electron chi connectivity index (χ1n) is 6.80. The molecule has 22 heavy (non-hydrogen) atoms. The van der Waals surface area contributed by atoms with Crippen molar-refractivity contribution < 1.29 is 4.79 Å². The molecular formula is C18H13BrN2O. The van der Waals surface area contributed by atoms with Gasteiger partial charge in [-0.2, -0.15) is 5.10 Å². The second kappa shape index (κ2) is 6.54. The zero-order chi connectivity index (χ0) is 15.4. The highest BCUT2D eigenvalue weighted by molar-refractivity contribution is 9.10. The number of carbonyl (C=O) groups excluding carboxylic acids is 1. The Labute approximate surface area is 136 Å². The zero-order valence-corrected chi connectivity index (χ0v) is 13.2. The van der Waals surface area contributed by atoms with Crippen LogP contribution in [-0.4, -0.2) is 12.1 Å². The Balaban J connectivity index is 1.70. The molecule has 1 N–H and O–H groups in total. The average molecular weight is 353 g/mol. The Kier molecular flexibility index (Phi) is 4.30. The van der Waals surface area contributed by atoms with Crippen LogP contribution in [0.5, 0.6) is 0 Å². The predicted molar refractivity (Wildman–Crippen MR) is 93.2 cm³/mol. The summed E-state index contributed by atoms with van der Waals surface area (Å²) in [5.41, 5.74) is 4.04. The SMILES string of the molecule is O=C(N/N=C\c1ccc2ccccc2c1)c1ccc(Br)cc1. The van der Waals surface area contributed by atoms with Crippen LogP contribution in [0.1, 0.15) is 15.9 Å². The van der Waals surface area contributed by atoms with Crippen molar-refractivity contribution in [2.24, 2.45) is 5.10 Å². The largest absolute Gasteiger partial charge is 0.271 e. The van der Waals surface area contributed by atoms with Gasteiger partial charge in [-0.25, -0.2) is 5.43 Å². The molecule has 0 saturated carbocycles. The summed E-state index contributed by atoms with van der Waals surface area (Å²) in [5.74, 6) is -0.232. The Bertz CT molecular complexity index is 841. The van der Waals surface area contributed by atoms with Gasteiger partial charge in [0.2, 0.25) is 0 Å². The molecule has 1 amide bonds. The lowest BCUT2D eigenvalue weighted by molar-refractivity contribution is 0.0955. The second-order valence-electron chi connectivity index (χ2n) is 4.81. The molecule has 4 heteroatoms. The van der Waals surface area contributed by atoms with Gasteiger partial charge in [-0.15, -0.1) is 0 Å². The summed E-state index contributed by atoms with van der Waals surface area (Å²) < 4.78 is 0.934. The standard InChI is InChI=1S/C18H13BrN2O/c19-17-9-7-15(8-10-17)18(22)21-20-12-13-5-6-14-3-1-2-4-16(14)11-13/h1-12H,(H,21,22)/b20-12-. The molecule has 0 aliphatic carbocycles. The molecule has 0 atom stereocenters. The van der Waals surface area contributed by atoms with Gasteiger partial charge in [-0.1, -0.05) is 52.3 Å². The third-order valence-corrected chi connectivity index (χ3v) is 3.79. The summed E-state index contributed by atoms with van der Waals surface area (Å²) in [7, 11) is 0. The topological polar surface area (TPSA) is 41.5 Å². The van der Waals surface area contributed by atoms with E-state index in [0.29, 0.717) is 5.56 Å². The summed E-state index contributed by atoms with van der Waals surface area (Å²) in [6, 6.07) is 21.3. The number of hydrogen-bond donors (Lipinski definition) is 1. The minimum absolute atomic E-state index is 0.232. The molecule has 3 aromatic carbocycles. The summed E-state index contributed by atoms with van der Waals surface area (Å²) in [6.45, 7) is 0. The van der Waals surface area contributed by atoms with E-state index in [4.69, 9.17) is 0 Å². The number of rotatable bonds is 3. The van der Waals surface area contributed by atoms with Crippen LogP contribution in [-0.2, 0) is 0 Å². The van der Waals surface area contributed by atoms with E-state index in [1.165, 1.54) is 5.39 Å². The van der Waals surface area contributed by atoms with E-state index in [2.05, 4.69) is 32.5 Å². The first-order chi connectivity index (χ1) is 10.7. The molecule has 0 unspecified atom stereocenters. The molecule has 0 aliphatic rings. The molecule has 0 spiro atoms. The monoisotopic (exact) mass is 352 g/mol. The minimum Gasteiger partial charge on any atom is -0.267 e. The maximum atomic E-state index is 11.9. The fraction of sp³-hybridized carbons (Fsp3) is 0. The molecule has 0 aromatic heterocycles. The molecule has 108 valence electrons. The predicted octanol–water partition coefficient (Wildman–Crippen LogP) is 4.37. The Morgan fingerprint density at radius 1 is 0.955 bits per heavy atom. The highest BCUT2D eigenvalue weighted by Crippen LogP contribution is 2.14. The van der Waals surface area contributed by atoms with E-state index in [-0.39, 0.29) is 5.91 Å². The number of fused-ring (bicyclic) bond motifs is 1. The van der Waals surface area contributed by atoms with Crippen molar-refractivity contribution in [2.45, 2.75) is 0 Å². The smallest absolute Gasteiger partial charge is 0.267 e. The van der Waals surface area contributed by atoms with Gasteiger partial charge in [0, 0.05) is 10.0 Å². The first kappa shape index (κ1) is 14.5. The zero-order valence-electron chi connectivity index (χ0n) is 11.7. The van der Waals surface area contributed by atoms with Crippen LogP contribution in [0, 0.1) is 0 Å². The fourth-order valence-electron chi connectivity index (χ4n) is 2.12. The van der Waals surface area contributed by atoms with Crippen LogP contribution < -0.4 is 5.43 Å². The first-order valence-corrected chi connectivity index (χ1v) is 7.59. The number of benzene rings is 3. The van der Waals surface area contributed by atoms with E-state index in [9.17, 15) is 4.79 Å². The van der Waals surface area contributed by atoms with E-state index >= 15 is 0 Å². The maximum Gasteiger partial charge on any atom is 0.271 e. The van der Waals surface area contributed by atoms with Gasteiger partial charge in [0.15, 0.2) is 0 Å². The fourth-order valence-corrected chi connectivity index (χ4v) is 2.38. The van der Waals surface area contributed by atoms with Crippen LogP contribution in [0.25, 0.3) is 10.8 Å². The number of nitrogens with zero attached hydrogens (tertiary/aromatic N) is 1. The summed E-state index contributed by atoms with van der Waals surface area (Å²) >= 11 is 3.34. The van der Waals surface area contributed by atoms with Gasteiger partial charge >= 0.3 is 0 Å². The molecular weight excluding hydrogens is 340 g/mol. The highest BCUT2D eigenvalue weighted by atomic mass is 79.9. The van der Waals surface area contributed by atoms with Crippen molar-refractivity contribution in [2.75, 3.05) is 0 Å². The second-order valence-corrected chi connectivity index (χ2v) is 5.73. The average Bonchev–Trinajstić information content (AvgIpc) is 2.55. The van der Waals surface area contributed by atoms with Crippen molar-refractivity contribution >= 4 is 38.8 Å². The number of hydrazone groups is 1. The van der Waals surface area contributed by atoms with E-state index in [1.807, 2.05) is 48.5 Å². The van der Waals surface area contributed by atoms with Crippen LogP contribution in [0.4, 0.5) is 0 Å². The number of amides is 1. The number of nitrogens with one attached hydrogen (secondary N) is 1. The number of hydrogen-bond acceptors (Lipinski definition) is 2. The van der Waals surface area contributed by atoms with Crippen molar-refractivity contribution in [3.8, 4) is 0 Å². The van der Waals surface area contributed by atoms with E-state index in [1.54, 1.807) is 18.3 Å². The number of carbonyl (C=O) groups is 1. The van der Waals surface area contributed by atoms with Crippen LogP contribution in [0.3, 0.4) is 0 Å². The van der Waals surface area contributed by atoms with Gasteiger partial charge in [0.25, 0.3) is 5.91 Å². The van der Waals surface area contributed by atoms with Gasteiger partial charge in [0.1, 0.15) is 0 Å². The van der Waals surface area contributed by atoms with Crippen molar-refractivity contribution in [1.82, 2.24) is 5.43 Å². The van der Waals surface area contributed by atoms with Gasteiger partial charge in [0.05, 0.1) is 6.21 Å². The Morgan fingerprint density at radius 2 is 1.68 bits per heavy atom. The van der Waals surface area contributed by atoms with E-state index in [0.717, 1.165) is 15.4 Å². The summed E-state index contributed by atoms with van der Waals surface area (Å²) in [5, 5.41) is 6.33. The summed E-state index contributed by atoms with van der Waals surface area (Å²) in [4.78, 5) is 11.9. The molecule has 0 radical (unpaired) electrons. The number of halogens is 1. The molecule has 3 aromatic rings. The Hall–Kier alpha value is -2.46. The lowest BCUT2D eigenvalue weighted by Crippen LogP contribution is -2.17. The summed E-state index contributed by atoms with van der Waals surface area (Å²) in [6.07, 6.45) is 1.64. The Morgan fingerprint density at radius 3 is 2.45 bits per heavy atom. The van der Waals surface area contributed by atoms with Gasteiger partial charge < -0.3 is 0 Å². The maximum absolute atomic E-state index is 11.9. The van der Waals surface area contributed by atoms with Crippen LogP contribution >= 0.6 is 15.9 Å². The molecule has 0 fully saturated rings. The molecule has 0 bridgehead atoms. The highest BCUT2D eigenvalue weighted by Gasteiger charge is 2.02. The third-order valence-electron chi connectivity index (χ3n) is 3.26. The molecule has 3 rings (SSSR count). The van der Waals surface area contributed by atoms with Crippen molar-refractivity contribution in [3.05, 3.63) is 82.3 Å². The molecule has 0 aliphatic heterocycles. The van der Waals surface area contributed by atoms with Crippen LogP contribution in [0.15, 0.2) is 76.3 Å². The molecule has 3 nitrogen and oxygen atoms in total. The minimum atomic E-state index is -0.232. The van der Waals surface area contributed by atoms with E-state index < -0.39 is 0 Å².